The van der Waals surface area contributed by atoms with Gasteiger partial charge in [0.2, 0.25) is 0 Å². The van der Waals surface area contributed by atoms with Crippen LogP contribution in [-0.2, 0) is 4.74 Å². The molecule has 1 aromatic heterocycles. The van der Waals surface area contributed by atoms with Gasteiger partial charge in [0.1, 0.15) is 11.9 Å². The average molecular weight is 386 g/mol. The van der Waals surface area contributed by atoms with Crippen molar-refractivity contribution in [2.75, 3.05) is 18.0 Å². The third-order valence-corrected chi connectivity index (χ3v) is 4.75. The maximum absolute atomic E-state index is 12.6. The first kappa shape index (κ1) is 19.9. The molecule has 1 aliphatic heterocycles. The van der Waals surface area contributed by atoms with Crippen LogP contribution in [-0.4, -0.2) is 62.8 Å². The van der Waals surface area contributed by atoms with Crippen molar-refractivity contribution in [3.8, 4) is 0 Å². The van der Waals surface area contributed by atoms with Gasteiger partial charge in [-0.2, -0.15) is 0 Å². The number of fused-ring (bicyclic) bond motifs is 1. The number of carboxylic acids is 1. The molecular formula is C20H26N4O4. The molecule has 1 fully saturated rings. The van der Waals surface area contributed by atoms with Gasteiger partial charge in [-0.25, -0.2) is 19.6 Å². The Kier molecular flexibility index (Phi) is 5.14. The molecular weight excluding hydrogens is 360 g/mol. The number of hydrogen-bond acceptors (Lipinski definition) is 6. The summed E-state index contributed by atoms with van der Waals surface area (Å²) in [7, 11) is 0. The molecule has 0 saturated carbocycles. The number of aromatic carboxylic acids is 1. The van der Waals surface area contributed by atoms with Gasteiger partial charge in [0.05, 0.1) is 23.2 Å². The normalized spacial score (nSPS) is 20.3. The van der Waals surface area contributed by atoms with Gasteiger partial charge in [-0.1, -0.05) is 0 Å². The van der Waals surface area contributed by atoms with E-state index in [4.69, 9.17) is 4.74 Å². The number of aromatic nitrogens is 2. The van der Waals surface area contributed by atoms with Gasteiger partial charge in [0.15, 0.2) is 0 Å². The van der Waals surface area contributed by atoms with Crippen LogP contribution >= 0.6 is 0 Å². The highest BCUT2D eigenvalue weighted by atomic mass is 16.6. The average Bonchev–Trinajstić information content (AvgIpc) is 2.58. The highest BCUT2D eigenvalue weighted by Gasteiger charge is 2.36. The van der Waals surface area contributed by atoms with E-state index >= 15 is 0 Å². The summed E-state index contributed by atoms with van der Waals surface area (Å²) in [6.45, 7) is 10.7. The van der Waals surface area contributed by atoms with Crippen LogP contribution < -0.4 is 4.90 Å². The van der Waals surface area contributed by atoms with Crippen LogP contribution in [0.3, 0.4) is 0 Å². The van der Waals surface area contributed by atoms with Crippen molar-refractivity contribution in [3.63, 3.8) is 0 Å². The third-order valence-electron chi connectivity index (χ3n) is 4.75. The van der Waals surface area contributed by atoms with E-state index in [9.17, 15) is 14.7 Å². The van der Waals surface area contributed by atoms with Crippen LogP contribution in [0.5, 0.6) is 0 Å². The van der Waals surface area contributed by atoms with Gasteiger partial charge in [0.25, 0.3) is 0 Å². The number of benzene rings is 1. The van der Waals surface area contributed by atoms with Gasteiger partial charge in [0, 0.05) is 30.4 Å². The van der Waals surface area contributed by atoms with Gasteiger partial charge in [-0.3, -0.25) is 4.90 Å². The van der Waals surface area contributed by atoms with Crippen LogP contribution in [0.1, 0.15) is 45.0 Å². The lowest BCUT2D eigenvalue weighted by Crippen LogP contribution is -2.59. The lowest BCUT2D eigenvalue weighted by molar-refractivity contribution is 0.00566. The molecule has 8 heteroatoms. The molecule has 8 nitrogen and oxygen atoms in total. The predicted octanol–water partition coefficient (Wildman–Crippen LogP) is 3.16. The molecule has 150 valence electrons. The number of rotatable bonds is 2. The van der Waals surface area contributed by atoms with Crippen LogP contribution in [0, 0.1) is 0 Å². The van der Waals surface area contributed by atoms with Gasteiger partial charge in [-0.15, -0.1) is 0 Å². The lowest BCUT2D eigenvalue weighted by Gasteiger charge is -2.45. The second-order valence-electron chi connectivity index (χ2n) is 8.21. The van der Waals surface area contributed by atoms with E-state index in [0.717, 1.165) is 5.69 Å². The summed E-state index contributed by atoms with van der Waals surface area (Å²) in [4.78, 5) is 36.3. The van der Waals surface area contributed by atoms with E-state index < -0.39 is 11.6 Å². The summed E-state index contributed by atoms with van der Waals surface area (Å²) in [6, 6.07) is 3.22. The fourth-order valence-electron chi connectivity index (χ4n) is 3.71. The smallest absolute Gasteiger partial charge is 0.410 e. The fraction of sp³-hybridized carbons (Fsp3) is 0.500. The zero-order chi connectivity index (χ0) is 20.6. The van der Waals surface area contributed by atoms with Crippen LogP contribution in [0.4, 0.5) is 10.5 Å². The van der Waals surface area contributed by atoms with Crippen molar-refractivity contribution in [3.05, 3.63) is 30.2 Å². The molecule has 0 bridgehead atoms. The number of nitrogens with zero attached hydrogens (tertiary/aromatic N) is 4. The maximum Gasteiger partial charge on any atom is 0.410 e. The molecule has 3 rings (SSSR count). The monoisotopic (exact) mass is 386 g/mol. The molecule has 1 amide bonds. The van der Waals surface area contributed by atoms with Crippen molar-refractivity contribution < 1.29 is 19.4 Å². The standard InChI is InChI=1S/C20H26N4O4/c1-12-9-23(10-13(2)24(12)19(27)28-20(3,4)5)16-7-6-14(18(25)26)17-15(16)8-21-11-22-17/h6-8,11-13H,9-10H2,1-5H3,(H,25,26)/t12-,13+. The summed E-state index contributed by atoms with van der Waals surface area (Å²) in [5, 5.41) is 10.1. The molecule has 0 radical (unpaired) electrons. The Bertz CT molecular complexity index is 897. The molecule has 1 aliphatic rings. The van der Waals surface area contributed by atoms with Crippen molar-refractivity contribution in [2.45, 2.75) is 52.3 Å². The zero-order valence-corrected chi connectivity index (χ0v) is 16.8. The minimum absolute atomic E-state index is 0.0718. The molecule has 1 saturated heterocycles. The van der Waals surface area contributed by atoms with E-state index in [0.29, 0.717) is 24.0 Å². The summed E-state index contributed by atoms with van der Waals surface area (Å²) in [5.74, 6) is -1.02. The highest BCUT2D eigenvalue weighted by molar-refractivity contribution is 6.05. The topological polar surface area (TPSA) is 95.9 Å². The molecule has 1 aromatic carbocycles. The Balaban J connectivity index is 1.91. The van der Waals surface area contributed by atoms with Gasteiger partial charge in [-0.05, 0) is 46.8 Å². The van der Waals surface area contributed by atoms with Gasteiger partial charge >= 0.3 is 12.1 Å². The van der Waals surface area contributed by atoms with E-state index in [-0.39, 0.29) is 23.7 Å². The van der Waals surface area contributed by atoms with E-state index in [1.54, 1.807) is 23.2 Å². The zero-order valence-electron chi connectivity index (χ0n) is 16.8. The minimum atomic E-state index is -1.02. The Labute approximate surface area is 164 Å². The Morgan fingerprint density at radius 3 is 2.39 bits per heavy atom. The molecule has 0 aliphatic carbocycles. The number of ether oxygens (including phenoxy) is 1. The summed E-state index contributed by atoms with van der Waals surface area (Å²) < 4.78 is 5.55. The molecule has 1 N–H and O–H groups in total. The van der Waals surface area contributed by atoms with E-state index in [1.165, 1.54) is 6.33 Å². The molecule has 0 spiro atoms. The quantitative estimate of drug-likeness (QED) is 0.847. The first-order valence-electron chi connectivity index (χ1n) is 9.30. The number of carbonyl (C=O) groups excluding carboxylic acids is 1. The number of carbonyl (C=O) groups is 2. The molecule has 2 heterocycles. The van der Waals surface area contributed by atoms with Crippen molar-refractivity contribution >= 4 is 28.7 Å². The summed E-state index contributed by atoms with van der Waals surface area (Å²) in [5.41, 5.74) is 0.876. The largest absolute Gasteiger partial charge is 0.478 e. The van der Waals surface area contributed by atoms with Gasteiger partial charge < -0.3 is 14.7 Å². The maximum atomic E-state index is 12.6. The minimum Gasteiger partial charge on any atom is -0.478 e. The number of piperazine rings is 1. The predicted molar refractivity (Wildman–Crippen MR) is 106 cm³/mol. The summed E-state index contributed by atoms with van der Waals surface area (Å²) >= 11 is 0. The number of amides is 1. The SMILES string of the molecule is C[C@@H]1CN(c2ccc(C(=O)O)c3ncncc23)C[C@H](C)N1C(=O)OC(C)(C)C. The second kappa shape index (κ2) is 7.26. The number of carboxylic acid groups (broad SMARTS) is 1. The Morgan fingerprint density at radius 1 is 1.18 bits per heavy atom. The summed E-state index contributed by atoms with van der Waals surface area (Å²) in [6.07, 6.45) is 2.67. The first-order chi connectivity index (χ1) is 13.1. The number of hydrogen-bond donors (Lipinski definition) is 1. The van der Waals surface area contributed by atoms with Crippen LogP contribution in [0.2, 0.25) is 0 Å². The Hall–Kier alpha value is -2.90. The Morgan fingerprint density at radius 2 is 1.82 bits per heavy atom. The molecule has 2 aromatic rings. The molecule has 28 heavy (non-hydrogen) atoms. The lowest BCUT2D eigenvalue weighted by atomic mass is 10.0. The van der Waals surface area contributed by atoms with Crippen LogP contribution in [0.25, 0.3) is 10.9 Å². The second-order valence-corrected chi connectivity index (χ2v) is 8.21. The molecule has 0 unspecified atom stereocenters. The van der Waals surface area contributed by atoms with Crippen molar-refractivity contribution in [2.24, 2.45) is 0 Å². The van der Waals surface area contributed by atoms with E-state index in [1.807, 2.05) is 34.6 Å². The van der Waals surface area contributed by atoms with E-state index in [2.05, 4.69) is 14.9 Å². The van der Waals surface area contributed by atoms with Crippen LogP contribution in [0.15, 0.2) is 24.7 Å². The third kappa shape index (κ3) is 3.85. The highest BCUT2D eigenvalue weighted by Crippen LogP contribution is 2.31. The first-order valence-corrected chi connectivity index (χ1v) is 9.30. The van der Waals surface area contributed by atoms with Crippen molar-refractivity contribution in [1.29, 1.82) is 0 Å². The molecule has 2 atom stereocenters. The fourth-order valence-corrected chi connectivity index (χ4v) is 3.71. The van der Waals surface area contributed by atoms with Crippen molar-refractivity contribution in [1.82, 2.24) is 14.9 Å². The number of anilines is 1.